The first-order valence-electron chi connectivity index (χ1n) is 10.5. The molecule has 3 aromatic rings. The lowest BCUT2D eigenvalue weighted by Crippen LogP contribution is -2.43. The summed E-state index contributed by atoms with van der Waals surface area (Å²) in [6.07, 6.45) is 3.63. The monoisotopic (exact) mass is 430 g/mol. The average molecular weight is 431 g/mol. The van der Waals surface area contributed by atoms with Gasteiger partial charge in [-0.25, -0.2) is 0 Å². The van der Waals surface area contributed by atoms with Crippen LogP contribution in [0.4, 0.5) is 0 Å². The number of amides is 2. The van der Waals surface area contributed by atoms with E-state index in [2.05, 4.69) is 10.6 Å². The second-order valence-electron chi connectivity index (χ2n) is 8.53. The Morgan fingerprint density at radius 2 is 1.84 bits per heavy atom. The van der Waals surface area contributed by atoms with E-state index in [-0.39, 0.29) is 17.6 Å². The minimum atomic E-state index is -0.448. The van der Waals surface area contributed by atoms with Crippen LogP contribution in [0.25, 0.3) is 6.08 Å². The van der Waals surface area contributed by atoms with E-state index in [1.165, 1.54) is 12.3 Å². The average Bonchev–Trinajstić information content (AvgIpc) is 3.26. The summed E-state index contributed by atoms with van der Waals surface area (Å²) in [7, 11) is 0. The fraction of sp³-hybridized carbons (Fsp3) is 0.231. The number of fused-ring (bicyclic) bond motifs is 1. The van der Waals surface area contributed by atoms with Crippen molar-refractivity contribution in [3.63, 3.8) is 0 Å². The van der Waals surface area contributed by atoms with Gasteiger partial charge in [-0.05, 0) is 56.7 Å². The smallest absolute Gasteiger partial charge is 0.268 e. The molecule has 0 saturated carbocycles. The molecule has 0 spiro atoms. The highest BCUT2D eigenvalue weighted by Gasteiger charge is 2.35. The molecule has 164 valence electrons. The molecule has 0 bridgehead atoms. The maximum Gasteiger partial charge on any atom is 0.268 e. The lowest BCUT2D eigenvalue weighted by Gasteiger charge is -2.38. The molecule has 0 fully saturated rings. The lowest BCUT2D eigenvalue weighted by molar-refractivity contribution is -0.119. The Hall–Kier alpha value is -3.80. The minimum absolute atomic E-state index is 0.103. The highest BCUT2D eigenvalue weighted by atomic mass is 16.5. The van der Waals surface area contributed by atoms with E-state index in [0.717, 1.165) is 16.9 Å². The van der Waals surface area contributed by atoms with Crippen molar-refractivity contribution in [2.24, 2.45) is 0 Å². The minimum Gasteiger partial charge on any atom is -0.487 e. The van der Waals surface area contributed by atoms with Crippen LogP contribution >= 0.6 is 0 Å². The number of carbonyl (C=O) groups excluding carboxylic acids is 2. The summed E-state index contributed by atoms with van der Waals surface area (Å²) in [5.74, 6) is 0.449. The van der Waals surface area contributed by atoms with Crippen LogP contribution in [0.5, 0.6) is 5.75 Å². The Balaban J connectivity index is 1.61. The SMILES string of the molecule is Cc1ccc2c(c1)OC(C)(C)CC2NC(=O)/C(=C/c1ccco1)NC(=O)c1ccccc1. The van der Waals surface area contributed by atoms with Gasteiger partial charge in [0.25, 0.3) is 11.8 Å². The van der Waals surface area contributed by atoms with Crippen LogP contribution in [0, 0.1) is 6.92 Å². The van der Waals surface area contributed by atoms with Gasteiger partial charge in [-0.3, -0.25) is 9.59 Å². The third kappa shape index (κ3) is 4.91. The van der Waals surface area contributed by atoms with Crippen molar-refractivity contribution in [1.29, 1.82) is 0 Å². The van der Waals surface area contributed by atoms with Crippen LogP contribution < -0.4 is 15.4 Å². The summed E-state index contributed by atoms with van der Waals surface area (Å²) in [6, 6.07) is 17.9. The summed E-state index contributed by atoms with van der Waals surface area (Å²) in [5, 5.41) is 5.81. The normalized spacial score (nSPS) is 17.1. The molecule has 0 radical (unpaired) electrons. The van der Waals surface area contributed by atoms with Gasteiger partial charge in [-0.2, -0.15) is 0 Å². The van der Waals surface area contributed by atoms with E-state index in [0.29, 0.717) is 17.7 Å². The summed E-state index contributed by atoms with van der Waals surface area (Å²) in [4.78, 5) is 26.1. The summed E-state index contributed by atoms with van der Waals surface area (Å²) in [6.45, 7) is 5.99. The van der Waals surface area contributed by atoms with E-state index in [1.54, 1.807) is 36.4 Å². The van der Waals surface area contributed by atoms with E-state index < -0.39 is 11.5 Å². The number of aryl methyl sites for hydroxylation is 1. The van der Waals surface area contributed by atoms with Crippen molar-refractivity contribution in [3.8, 4) is 5.75 Å². The molecule has 6 heteroatoms. The van der Waals surface area contributed by atoms with E-state index in [4.69, 9.17) is 9.15 Å². The molecule has 1 aliphatic rings. The number of hydrogen-bond acceptors (Lipinski definition) is 4. The number of nitrogens with one attached hydrogen (secondary N) is 2. The molecule has 1 atom stereocenters. The Labute approximate surface area is 187 Å². The molecule has 6 nitrogen and oxygen atoms in total. The summed E-state index contributed by atoms with van der Waals surface area (Å²) < 4.78 is 11.5. The zero-order valence-corrected chi connectivity index (χ0v) is 18.3. The Morgan fingerprint density at radius 1 is 1.06 bits per heavy atom. The second kappa shape index (κ2) is 8.75. The van der Waals surface area contributed by atoms with Crippen molar-refractivity contribution >= 4 is 17.9 Å². The highest BCUT2D eigenvalue weighted by molar-refractivity contribution is 6.05. The van der Waals surface area contributed by atoms with E-state index >= 15 is 0 Å². The van der Waals surface area contributed by atoms with Crippen LogP contribution in [-0.2, 0) is 4.79 Å². The van der Waals surface area contributed by atoms with Crippen molar-refractivity contribution in [2.45, 2.75) is 38.8 Å². The molecule has 2 aromatic carbocycles. The molecule has 1 unspecified atom stereocenters. The predicted octanol–water partition coefficient (Wildman–Crippen LogP) is 4.78. The standard InChI is InChI=1S/C26H26N2O4/c1-17-11-12-20-22(16-26(2,3)32-23(20)14-17)28-25(30)21(15-19-10-7-13-31-19)27-24(29)18-8-5-4-6-9-18/h4-15,22H,16H2,1-3H3,(H,27,29)(H,28,30)/b21-15-. The Morgan fingerprint density at radius 3 is 2.56 bits per heavy atom. The van der Waals surface area contributed by atoms with E-state index in [9.17, 15) is 9.59 Å². The third-order valence-electron chi connectivity index (χ3n) is 5.29. The fourth-order valence-corrected chi connectivity index (χ4v) is 3.78. The third-order valence-corrected chi connectivity index (χ3v) is 5.29. The lowest BCUT2D eigenvalue weighted by atomic mass is 9.89. The molecule has 1 aromatic heterocycles. The number of furan rings is 1. The maximum atomic E-state index is 13.3. The largest absolute Gasteiger partial charge is 0.487 e. The van der Waals surface area contributed by atoms with Crippen LogP contribution in [0.1, 0.15) is 53.6 Å². The van der Waals surface area contributed by atoms with Crippen molar-refractivity contribution < 1.29 is 18.7 Å². The maximum absolute atomic E-state index is 13.3. The van der Waals surface area contributed by atoms with Crippen LogP contribution in [-0.4, -0.2) is 17.4 Å². The quantitative estimate of drug-likeness (QED) is 0.571. The first-order valence-corrected chi connectivity index (χ1v) is 10.5. The fourth-order valence-electron chi connectivity index (χ4n) is 3.78. The van der Waals surface area contributed by atoms with Gasteiger partial charge in [0.05, 0.1) is 12.3 Å². The molecule has 2 heterocycles. The van der Waals surface area contributed by atoms with Crippen LogP contribution in [0.2, 0.25) is 0 Å². The topological polar surface area (TPSA) is 80.6 Å². The van der Waals surface area contributed by atoms with Crippen molar-refractivity contribution in [3.05, 3.63) is 95.1 Å². The van der Waals surface area contributed by atoms with E-state index in [1.807, 2.05) is 45.0 Å². The van der Waals surface area contributed by atoms with Gasteiger partial charge >= 0.3 is 0 Å². The zero-order valence-electron chi connectivity index (χ0n) is 18.3. The van der Waals surface area contributed by atoms with Gasteiger partial charge in [0.15, 0.2) is 0 Å². The van der Waals surface area contributed by atoms with Gasteiger partial charge in [-0.1, -0.05) is 30.3 Å². The molecular formula is C26H26N2O4. The van der Waals surface area contributed by atoms with Crippen molar-refractivity contribution in [1.82, 2.24) is 10.6 Å². The molecule has 1 aliphatic heterocycles. The van der Waals surface area contributed by atoms with Crippen LogP contribution in [0.15, 0.2) is 77.0 Å². The van der Waals surface area contributed by atoms with Gasteiger partial charge in [0.2, 0.25) is 0 Å². The van der Waals surface area contributed by atoms with Gasteiger partial charge in [0, 0.05) is 23.6 Å². The molecule has 0 saturated heterocycles. The predicted molar refractivity (Wildman–Crippen MR) is 122 cm³/mol. The number of rotatable bonds is 5. The summed E-state index contributed by atoms with van der Waals surface area (Å²) >= 11 is 0. The highest BCUT2D eigenvalue weighted by Crippen LogP contribution is 2.40. The number of ether oxygens (including phenoxy) is 1. The van der Waals surface area contributed by atoms with Crippen molar-refractivity contribution in [2.75, 3.05) is 0 Å². The van der Waals surface area contributed by atoms with Crippen LogP contribution in [0.3, 0.4) is 0 Å². The first kappa shape index (κ1) is 21.4. The number of benzene rings is 2. The van der Waals surface area contributed by atoms with Gasteiger partial charge < -0.3 is 19.8 Å². The Kier molecular flexibility index (Phi) is 5.86. The molecule has 2 amide bonds. The Bertz CT molecular complexity index is 1150. The first-order chi connectivity index (χ1) is 15.3. The molecule has 0 aliphatic carbocycles. The molecular weight excluding hydrogens is 404 g/mol. The molecule has 2 N–H and O–H groups in total. The zero-order chi connectivity index (χ0) is 22.7. The second-order valence-corrected chi connectivity index (χ2v) is 8.53. The number of hydrogen-bond donors (Lipinski definition) is 2. The molecule has 4 rings (SSSR count). The summed E-state index contributed by atoms with van der Waals surface area (Å²) in [5.41, 5.74) is 2.11. The van der Waals surface area contributed by atoms with Gasteiger partial charge in [-0.15, -0.1) is 0 Å². The van der Waals surface area contributed by atoms with Gasteiger partial charge in [0.1, 0.15) is 22.8 Å². The number of carbonyl (C=O) groups is 2. The molecule has 32 heavy (non-hydrogen) atoms.